The number of aromatic nitrogens is 3. The first kappa shape index (κ1) is 20.2. The van der Waals surface area contributed by atoms with E-state index in [0.717, 1.165) is 36.8 Å². The van der Waals surface area contributed by atoms with E-state index in [1.54, 1.807) is 30.5 Å². The molecule has 2 aromatic heterocycles. The van der Waals surface area contributed by atoms with Gasteiger partial charge in [0.2, 0.25) is 5.91 Å². The Morgan fingerprint density at radius 1 is 1.27 bits per heavy atom. The second kappa shape index (κ2) is 8.35. The summed E-state index contributed by atoms with van der Waals surface area (Å²) in [6.07, 6.45) is 7.61. The molecule has 0 aromatic carbocycles. The molecule has 1 fully saturated rings. The van der Waals surface area contributed by atoms with Crippen molar-refractivity contribution in [2.45, 2.75) is 38.7 Å². The Morgan fingerprint density at radius 2 is 2.03 bits per heavy atom. The van der Waals surface area contributed by atoms with Gasteiger partial charge >= 0.3 is 0 Å². The number of rotatable bonds is 5. The molecule has 4 rings (SSSR count). The van der Waals surface area contributed by atoms with Crippen molar-refractivity contribution in [1.29, 1.82) is 0 Å². The van der Waals surface area contributed by atoms with Gasteiger partial charge in [-0.1, -0.05) is 0 Å². The number of primary amides is 1. The third-order valence-electron chi connectivity index (χ3n) is 5.92. The van der Waals surface area contributed by atoms with Crippen molar-refractivity contribution in [3.05, 3.63) is 29.7 Å². The van der Waals surface area contributed by atoms with E-state index in [1.807, 2.05) is 6.92 Å². The average Bonchev–Trinajstić information content (AvgIpc) is 2.76. The van der Waals surface area contributed by atoms with Crippen molar-refractivity contribution in [2.24, 2.45) is 11.7 Å². The van der Waals surface area contributed by atoms with Crippen LogP contribution in [0.2, 0.25) is 0 Å². The van der Waals surface area contributed by atoms with Crippen LogP contribution in [0.15, 0.2) is 18.5 Å². The molecule has 158 valence electrons. The number of ether oxygens (including phenoxy) is 1. The number of hydrogen-bond donors (Lipinski definition) is 2. The van der Waals surface area contributed by atoms with E-state index < -0.39 is 5.91 Å². The summed E-state index contributed by atoms with van der Waals surface area (Å²) in [4.78, 5) is 39.2. The van der Waals surface area contributed by atoms with Crippen molar-refractivity contribution in [3.8, 4) is 11.3 Å². The molecule has 1 aliphatic heterocycles. The molecule has 2 amide bonds. The van der Waals surface area contributed by atoms with Gasteiger partial charge in [-0.15, -0.1) is 0 Å². The molecule has 0 saturated heterocycles. The molecule has 0 atom stereocenters. The third-order valence-corrected chi connectivity index (χ3v) is 5.92. The molecule has 3 heterocycles. The lowest BCUT2D eigenvalue weighted by molar-refractivity contribution is -0.117. The van der Waals surface area contributed by atoms with E-state index in [9.17, 15) is 9.59 Å². The minimum Gasteiger partial charge on any atom is -0.381 e. The summed E-state index contributed by atoms with van der Waals surface area (Å²) in [7, 11) is 1.75. The number of nitrogens with zero attached hydrogens (tertiary/aromatic N) is 4. The van der Waals surface area contributed by atoms with Crippen LogP contribution in [0.3, 0.4) is 0 Å². The molecule has 0 unspecified atom stereocenters. The normalized spacial score (nSPS) is 21.1. The van der Waals surface area contributed by atoms with Crippen LogP contribution < -0.4 is 16.0 Å². The minimum atomic E-state index is -0.578. The molecule has 0 radical (unpaired) electrons. The molecule has 0 bridgehead atoms. The van der Waals surface area contributed by atoms with Crippen LogP contribution in [0.25, 0.3) is 11.3 Å². The summed E-state index contributed by atoms with van der Waals surface area (Å²) in [6, 6.07) is 1.63. The molecule has 2 aromatic rings. The lowest BCUT2D eigenvalue weighted by atomic mass is 9.87. The fourth-order valence-corrected chi connectivity index (χ4v) is 4.15. The number of carbonyl (C=O) groups excluding carboxylic acids is 2. The highest BCUT2D eigenvalue weighted by Gasteiger charge is 2.31. The number of amides is 2. The first-order valence-corrected chi connectivity index (χ1v) is 10.2. The zero-order valence-corrected chi connectivity index (χ0v) is 17.2. The molecule has 9 heteroatoms. The first-order valence-electron chi connectivity index (χ1n) is 10.2. The summed E-state index contributed by atoms with van der Waals surface area (Å²) < 4.78 is 5.46. The predicted octanol–water partition coefficient (Wildman–Crippen LogP) is 1.91. The van der Waals surface area contributed by atoms with Crippen LogP contribution in [0.4, 0.5) is 11.6 Å². The van der Waals surface area contributed by atoms with Crippen molar-refractivity contribution < 1.29 is 14.3 Å². The van der Waals surface area contributed by atoms with Crippen molar-refractivity contribution in [3.63, 3.8) is 0 Å². The fourth-order valence-electron chi connectivity index (χ4n) is 4.15. The van der Waals surface area contributed by atoms with Crippen LogP contribution in [0, 0.1) is 12.8 Å². The number of nitrogens with two attached hydrogens (primary N) is 1. The quantitative estimate of drug-likeness (QED) is 0.772. The van der Waals surface area contributed by atoms with Gasteiger partial charge in [0.05, 0.1) is 24.5 Å². The van der Waals surface area contributed by atoms with Crippen LogP contribution in [0.1, 0.15) is 41.7 Å². The van der Waals surface area contributed by atoms with Crippen LogP contribution in [0.5, 0.6) is 0 Å². The number of anilines is 2. The van der Waals surface area contributed by atoms with Gasteiger partial charge in [-0.25, -0.2) is 9.97 Å². The summed E-state index contributed by atoms with van der Waals surface area (Å²) >= 11 is 0. The van der Waals surface area contributed by atoms with E-state index in [-0.39, 0.29) is 18.1 Å². The number of aryl methyl sites for hydroxylation is 1. The average molecular weight is 410 g/mol. The van der Waals surface area contributed by atoms with Crippen LogP contribution in [-0.4, -0.2) is 53.1 Å². The first-order chi connectivity index (χ1) is 14.5. The molecule has 9 nitrogen and oxygen atoms in total. The highest BCUT2D eigenvalue weighted by Crippen LogP contribution is 2.33. The molecule has 0 spiro atoms. The molecule has 1 saturated carbocycles. The summed E-state index contributed by atoms with van der Waals surface area (Å²) in [6.45, 7) is 2.70. The smallest absolute Gasteiger partial charge is 0.267 e. The lowest BCUT2D eigenvalue weighted by Crippen LogP contribution is -2.44. The van der Waals surface area contributed by atoms with E-state index >= 15 is 0 Å². The predicted molar refractivity (Wildman–Crippen MR) is 112 cm³/mol. The van der Waals surface area contributed by atoms with E-state index in [1.165, 1.54) is 0 Å². The highest BCUT2D eigenvalue weighted by atomic mass is 16.5. The molecule has 1 aliphatic carbocycles. The Morgan fingerprint density at radius 3 is 2.70 bits per heavy atom. The Labute approximate surface area is 175 Å². The molecule has 2 aliphatic rings. The largest absolute Gasteiger partial charge is 0.381 e. The fraction of sp³-hybridized carbons (Fsp3) is 0.476. The van der Waals surface area contributed by atoms with Gasteiger partial charge in [-0.3, -0.25) is 19.5 Å². The van der Waals surface area contributed by atoms with Gasteiger partial charge < -0.3 is 15.8 Å². The van der Waals surface area contributed by atoms with Crippen molar-refractivity contribution >= 4 is 23.5 Å². The van der Waals surface area contributed by atoms with Crippen molar-refractivity contribution in [1.82, 2.24) is 15.0 Å². The number of carbonyl (C=O) groups is 2. The van der Waals surface area contributed by atoms with Gasteiger partial charge in [-0.05, 0) is 50.2 Å². The van der Waals surface area contributed by atoms with E-state index in [2.05, 4.69) is 15.3 Å². The SMILES string of the molecule is CO[C@H]1CC[C@@H](CN2C(=O)CNc3ncc(-c4cnc(C(N)=O)cc4C)nc32)CC1. The maximum atomic E-state index is 12.7. The summed E-state index contributed by atoms with van der Waals surface area (Å²) in [5.74, 6) is 0.960. The number of pyridine rings is 1. The Hall–Kier alpha value is -3.07. The van der Waals surface area contributed by atoms with E-state index in [4.69, 9.17) is 15.5 Å². The molecule has 30 heavy (non-hydrogen) atoms. The Balaban J connectivity index is 1.61. The lowest BCUT2D eigenvalue weighted by Gasteiger charge is -2.34. The van der Waals surface area contributed by atoms with Gasteiger partial charge in [0.25, 0.3) is 5.91 Å². The number of hydrogen-bond acceptors (Lipinski definition) is 7. The van der Waals surface area contributed by atoms with Crippen LogP contribution in [-0.2, 0) is 9.53 Å². The maximum Gasteiger partial charge on any atom is 0.267 e. The zero-order chi connectivity index (χ0) is 21.3. The topological polar surface area (TPSA) is 123 Å². The standard InChI is InChI=1S/C21H26N6O3/c1-12-7-16(19(22)29)23-8-15(12)17-9-24-20-21(26-17)27(18(28)10-25-20)11-13-3-5-14(30-2)6-4-13/h7-9,13-14H,3-6,10-11H2,1-2H3,(H2,22,29)(H,24,25)/t13-,14+. The van der Waals surface area contributed by atoms with Gasteiger partial charge in [0.15, 0.2) is 11.6 Å². The Kier molecular flexibility index (Phi) is 5.63. The number of fused-ring (bicyclic) bond motifs is 1. The highest BCUT2D eigenvalue weighted by molar-refractivity contribution is 6.01. The zero-order valence-electron chi connectivity index (χ0n) is 17.2. The summed E-state index contributed by atoms with van der Waals surface area (Å²) in [5.41, 5.74) is 7.67. The monoisotopic (exact) mass is 410 g/mol. The number of nitrogens with one attached hydrogen (secondary N) is 1. The van der Waals surface area contributed by atoms with Gasteiger partial charge in [0, 0.05) is 25.4 Å². The van der Waals surface area contributed by atoms with Gasteiger partial charge in [-0.2, -0.15) is 0 Å². The third kappa shape index (κ3) is 3.97. The second-order valence-electron chi connectivity index (χ2n) is 7.91. The molecule has 3 N–H and O–H groups in total. The molecular weight excluding hydrogens is 384 g/mol. The van der Waals surface area contributed by atoms with Crippen molar-refractivity contribution in [2.75, 3.05) is 30.4 Å². The molecular formula is C21H26N6O3. The van der Waals surface area contributed by atoms with Gasteiger partial charge in [0.1, 0.15) is 5.69 Å². The van der Waals surface area contributed by atoms with E-state index in [0.29, 0.717) is 35.9 Å². The maximum absolute atomic E-state index is 12.7. The number of methoxy groups -OCH3 is 1. The van der Waals surface area contributed by atoms with Crippen LogP contribution >= 0.6 is 0 Å². The summed E-state index contributed by atoms with van der Waals surface area (Å²) in [5, 5.41) is 3.05. The Bertz CT molecular complexity index is 971. The second-order valence-corrected chi connectivity index (χ2v) is 7.91. The minimum absolute atomic E-state index is 0.0123.